The van der Waals surface area contributed by atoms with Gasteiger partial charge in [-0.2, -0.15) is 0 Å². The number of likely N-dealkylation sites (tertiary alicyclic amines) is 1. The SMILES string of the molecule is Cc1ccc(C(C)C(=O)N2CCC(c3ccc(NC(=O)c4cc(S(C)(=O)=O)ccc4F)cc3)CC2)cc1. The summed E-state index contributed by atoms with van der Waals surface area (Å²) in [4.78, 5) is 27.4. The molecule has 1 atom stereocenters. The number of anilines is 1. The Hall–Kier alpha value is -3.52. The zero-order valence-electron chi connectivity index (χ0n) is 21.2. The highest BCUT2D eigenvalue weighted by Crippen LogP contribution is 2.31. The van der Waals surface area contributed by atoms with Crippen LogP contribution in [0.2, 0.25) is 0 Å². The lowest BCUT2D eigenvalue weighted by atomic mass is 9.88. The smallest absolute Gasteiger partial charge is 0.258 e. The molecular formula is C29H31FN2O4S. The van der Waals surface area contributed by atoms with Gasteiger partial charge >= 0.3 is 0 Å². The summed E-state index contributed by atoms with van der Waals surface area (Å²) in [5, 5.41) is 2.63. The third kappa shape index (κ3) is 6.25. The Morgan fingerprint density at radius 3 is 2.19 bits per heavy atom. The Morgan fingerprint density at radius 1 is 0.973 bits per heavy atom. The molecule has 8 heteroatoms. The van der Waals surface area contributed by atoms with Gasteiger partial charge < -0.3 is 10.2 Å². The molecule has 1 saturated heterocycles. The fourth-order valence-corrected chi connectivity index (χ4v) is 5.30. The molecule has 0 saturated carbocycles. The number of nitrogens with one attached hydrogen (secondary N) is 1. The van der Waals surface area contributed by atoms with E-state index in [0.717, 1.165) is 48.4 Å². The van der Waals surface area contributed by atoms with Gasteiger partial charge in [-0.3, -0.25) is 9.59 Å². The topological polar surface area (TPSA) is 83.6 Å². The molecule has 0 bridgehead atoms. The number of halogens is 1. The number of carbonyl (C=O) groups excluding carboxylic acids is 2. The van der Waals surface area contributed by atoms with E-state index in [9.17, 15) is 22.4 Å². The van der Waals surface area contributed by atoms with Gasteiger partial charge in [-0.05, 0) is 74.1 Å². The van der Waals surface area contributed by atoms with Crippen molar-refractivity contribution in [1.29, 1.82) is 0 Å². The van der Waals surface area contributed by atoms with Crippen LogP contribution in [0.4, 0.5) is 10.1 Å². The molecule has 1 aliphatic rings. The minimum absolute atomic E-state index is 0.118. The van der Waals surface area contributed by atoms with E-state index < -0.39 is 21.6 Å². The van der Waals surface area contributed by atoms with Crippen molar-refractivity contribution in [2.75, 3.05) is 24.7 Å². The lowest BCUT2D eigenvalue weighted by Crippen LogP contribution is -2.40. The first-order valence-corrected chi connectivity index (χ1v) is 14.2. The first-order valence-electron chi connectivity index (χ1n) is 12.3. The maximum absolute atomic E-state index is 14.2. The number of aryl methyl sites for hydroxylation is 1. The van der Waals surface area contributed by atoms with Crippen molar-refractivity contribution in [2.45, 2.75) is 43.4 Å². The van der Waals surface area contributed by atoms with Gasteiger partial charge in [-0.25, -0.2) is 12.8 Å². The van der Waals surface area contributed by atoms with Crippen molar-refractivity contribution >= 4 is 27.3 Å². The van der Waals surface area contributed by atoms with Gasteiger partial charge in [-0.15, -0.1) is 0 Å². The Labute approximate surface area is 217 Å². The number of hydrogen-bond acceptors (Lipinski definition) is 4. The number of sulfone groups is 1. The van der Waals surface area contributed by atoms with Gasteiger partial charge in [0.15, 0.2) is 9.84 Å². The third-order valence-electron chi connectivity index (χ3n) is 7.00. The van der Waals surface area contributed by atoms with Gasteiger partial charge in [-0.1, -0.05) is 42.0 Å². The zero-order chi connectivity index (χ0) is 26.7. The number of rotatable bonds is 6. The molecule has 1 unspecified atom stereocenters. The molecule has 0 aliphatic carbocycles. The standard InChI is InChI=1S/C29H31FN2O4S/c1-19-4-6-21(7-5-19)20(2)29(34)32-16-14-23(15-17-32)22-8-10-24(11-9-22)31-28(33)26-18-25(37(3,35)36)12-13-27(26)30/h4-13,18,20,23H,14-17H2,1-3H3,(H,31,33). The van der Waals surface area contributed by atoms with Gasteiger partial charge in [0.1, 0.15) is 5.82 Å². The van der Waals surface area contributed by atoms with Gasteiger partial charge in [0, 0.05) is 25.0 Å². The van der Waals surface area contributed by atoms with Gasteiger partial charge in [0.2, 0.25) is 5.91 Å². The molecule has 37 heavy (non-hydrogen) atoms. The second-order valence-electron chi connectivity index (χ2n) is 9.72. The molecular weight excluding hydrogens is 491 g/mol. The van der Waals surface area contributed by atoms with E-state index in [1.807, 2.05) is 55.1 Å². The van der Waals surface area contributed by atoms with E-state index >= 15 is 0 Å². The van der Waals surface area contributed by atoms with E-state index in [-0.39, 0.29) is 22.3 Å². The molecule has 3 aromatic rings. The third-order valence-corrected chi connectivity index (χ3v) is 8.12. The quantitative estimate of drug-likeness (QED) is 0.446. The molecule has 1 heterocycles. The van der Waals surface area contributed by atoms with Crippen LogP contribution in [0.5, 0.6) is 0 Å². The second kappa shape index (κ2) is 10.8. The van der Waals surface area contributed by atoms with Crippen LogP contribution in [0.25, 0.3) is 0 Å². The lowest BCUT2D eigenvalue weighted by Gasteiger charge is -2.34. The molecule has 3 aromatic carbocycles. The molecule has 0 aromatic heterocycles. The highest BCUT2D eigenvalue weighted by atomic mass is 32.2. The van der Waals surface area contributed by atoms with E-state index in [0.29, 0.717) is 24.7 Å². The summed E-state index contributed by atoms with van der Waals surface area (Å²) in [6.45, 7) is 5.36. The van der Waals surface area contributed by atoms with Crippen molar-refractivity contribution in [1.82, 2.24) is 4.90 Å². The molecule has 1 aliphatic heterocycles. The van der Waals surface area contributed by atoms with Crippen LogP contribution < -0.4 is 5.32 Å². The first-order chi connectivity index (χ1) is 17.5. The maximum Gasteiger partial charge on any atom is 0.258 e. The predicted octanol–water partition coefficient (Wildman–Crippen LogP) is 5.30. The summed E-state index contributed by atoms with van der Waals surface area (Å²) in [6, 6.07) is 18.6. The normalized spacial score (nSPS) is 15.3. The average molecular weight is 523 g/mol. The monoisotopic (exact) mass is 522 g/mol. The molecule has 6 nitrogen and oxygen atoms in total. The van der Waals surface area contributed by atoms with E-state index in [4.69, 9.17) is 0 Å². The van der Waals surface area contributed by atoms with Crippen molar-refractivity contribution in [3.8, 4) is 0 Å². The Bertz CT molecular complexity index is 1390. The van der Waals surface area contributed by atoms with E-state index in [1.165, 1.54) is 5.56 Å². The Morgan fingerprint density at radius 2 is 1.59 bits per heavy atom. The number of nitrogens with zero attached hydrogens (tertiary/aromatic N) is 1. The molecule has 194 valence electrons. The summed E-state index contributed by atoms with van der Waals surface area (Å²) in [6.07, 6.45) is 2.70. The number of piperidine rings is 1. The molecule has 2 amide bonds. The molecule has 0 spiro atoms. The second-order valence-corrected chi connectivity index (χ2v) is 11.7. The van der Waals surface area contributed by atoms with Crippen molar-refractivity contribution in [2.24, 2.45) is 0 Å². The maximum atomic E-state index is 14.2. The zero-order valence-corrected chi connectivity index (χ0v) is 22.0. The highest BCUT2D eigenvalue weighted by molar-refractivity contribution is 7.90. The highest BCUT2D eigenvalue weighted by Gasteiger charge is 2.27. The lowest BCUT2D eigenvalue weighted by molar-refractivity contribution is -0.133. The largest absolute Gasteiger partial charge is 0.342 e. The molecule has 0 radical (unpaired) electrons. The van der Waals surface area contributed by atoms with E-state index in [2.05, 4.69) is 5.32 Å². The van der Waals surface area contributed by atoms with Gasteiger partial charge in [0.05, 0.1) is 16.4 Å². The van der Waals surface area contributed by atoms with Crippen molar-refractivity contribution in [3.63, 3.8) is 0 Å². The molecule has 1 N–H and O–H groups in total. The van der Waals surface area contributed by atoms with Crippen LogP contribution >= 0.6 is 0 Å². The summed E-state index contributed by atoms with van der Waals surface area (Å²) in [5.74, 6) is -1.24. The van der Waals surface area contributed by atoms with Crippen LogP contribution in [0, 0.1) is 12.7 Å². The summed E-state index contributed by atoms with van der Waals surface area (Å²) in [5.41, 5.74) is 3.46. The summed E-state index contributed by atoms with van der Waals surface area (Å²) < 4.78 is 37.7. The van der Waals surface area contributed by atoms with Crippen LogP contribution in [0.3, 0.4) is 0 Å². The Balaban J connectivity index is 1.35. The first kappa shape index (κ1) is 26.5. The molecule has 4 rings (SSSR count). The minimum Gasteiger partial charge on any atom is -0.342 e. The minimum atomic E-state index is -3.57. The van der Waals surface area contributed by atoms with Crippen molar-refractivity contribution < 1.29 is 22.4 Å². The van der Waals surface area contributed by atoms with Crippen molar-refractivity contribution in [3.05, 3.63) is 94.8 Å². The molecule has 1 fully saturated rings. The number of carbonyl (C=O) groups is 2. The average Bonchev–Trinajstić information content (AvgIpc) is 2.88. The number of hydrogen-bond donors (Lipinski definition) is 1. The van der Waals surface area contributed by atoms with Crippen LogP contribution in [0.1, 0.15) is 58.6 Å². The summed E-state index contributed by atoms with van der Waals surface area (Å²) in [7, 11) is -3.57. The van der Waals surface area contributed by atoms with Gasteiger partial charge in [0.25, 0.3) is 5.91 Å². The summed E-state index contributed by atoms with van der Waals surface area (Å²) >= 11 is 0. The number of benzene rings is 3. The Kier molecular flexibility index (Phi) is 7.78. The fourth-order valence-electron chi connectivity index (χ4n) is 4.65. The predicted molar refractivity (Wildman–Crippen MR) is 142 cm³/mol. The van der Waals surface area contributed by atoms with Crippen LogP contribution in [-0.2, 0) is 14.6 Å². The van der Waals surface area contributed by atoms with E-state index in [1.54, 1.807) is 12.1 Å². The van der Waals surface area contributed by atoms with Crippen LogP contribution in [-0.4, -0.2) is 44.5 Å². The van der Waals surface area contributed by atoms with Crippen LogP contribution in [0.15, 0.2) is 71.6 Å². The fraction of sp³-hybridized carbons (Fsp3) is 0.310. The number of amides is 2.